The zero-order valence-electron chi connectivity index (χ0n) is 15.7. The molecule has 1 aromatic rings. The van der Waals surface area contributed by atoms with Gasteiger partial charge in [-0.3, -0.25) is 4.79 Å². The molecule has 4 rings (SSSR count). The van der Waals surface area contributed by atoms with E-state index in [9.17, 15) is 4.79 Å². The highest BCUT2D eigenvalue weighted by molar-refractivity contribution is 5.82. The summed E-state index contributed by atoms with van der Waals surface area (Å²) < 4.78 is 18.3. The maximum atomic E-state index is 12.1. The number of hydrogen-bond donors (Lipinski definition) is 0. The molecule has 142 valence electrons. The first-order valence-corrected chi connectivity index (χ1v) is 10.0. The average molecular weight is 358 g/mol. The van der Waals surface area contributed by atoms with Gasteiger partial charge in [-0.15, -0.1) is 0 Å². The van der Waals surface area contributed by atoms with E-state index in [-0.39, 0.29) is 23.7 Å². The van der Waals surface area contributed by atoms with Gasteiger partial charge in [-0.05, 0) is 42.6 Å². The van der Waals surface area contributed by atoms with E-state index in [2.05, 4.69) is 19.1 Å². The Labute approximate surface area is 156 Å². The lowest BCUT2D eigenvalue weighted by molar-refractivity contribution is -0.199. The summed E-state index contributed by atoms with van der Waals surface area (Å²) in [6, 6.07) is 10.3. The van der Waals surface area contributed by atoms with Gasteiger partial charge in [0, 0.05) is 25.4 Å². The third-order valence-electron chi connectivity index (χ3n) is 6.49. The Morgan fingerprint density at radius 2 is 2.08 bits per heavy atom. The molecule has 5 unspecified atom stereocenters. The fraction of sp³-hybridized carbons (Fsp3) is 0.682. The Hall–Kier alpha value is -1.23. The molecule has 3 fully saturated rings. The summed E-state index contributed by atoms with van der Waals surface area (Å²) in [5.41, 5.74) is 1.25. The van der Waals surface area contributed by atoms with Crippen molar-refractivity contribution < 1.29 is 19.0 Å². The van der Waals surface area contributed by atoms with Crippen LogP contribution in [0.4, 0.5) is 0 Å². The fourth-order valence-electron chi connectivity index (χ4n) is 5.18. The van der Waals surface area contributed by atoms with Gasteiger partial charge in [0.25, 0.3) is 0 Å². The summed E-state index contributed by atoms with van der Waals surface area (Å²) in [7, 11) is 0. The summed E-state index contributed by atoms with van der Waals surface area (Å²) >= 11 is 0. The molecule has 5 atom stereocenters. The van der Waals surface area contributed by atoms with Crippen molar-refractivity contribution in [3.63, 3.8) is 0 Å². The summed E-state index contributed by atoms with van der Waals surface area (Å²) in [4.78, 5) is 12.1. The van der Waals surface area contributed by atoms with Crippen LogP contribution in [-0.4, -0.2) is 31.4 Å². The van der Waals surface area contributed by atoms with Crippen LogP contribution in [0.1, 0.15) is 51.0 Å². The number of ketones is 1. The Morgan fingerprint density at radius 3 is 2.85 bits per heavy atom. The molecular formula is C22H30O4. The van der Waals surface area contributed by atoms with Crippen LogP contribution in [0.2, 0.25) is 0 Å². The zero-order chi connectivity index (χ0) is 18.0. The standard InChI is InChI=1S/C22H30O4/c1-22-12-17(23)11-19(22)18(15-24-14-16-7-3-2-4-8-16)20(13-22)26-21-9-5-6-10-25-21/h2-4,7-8,18-21H,5-6,9-15H2,1H3. The van der Waals surface area contributed by atoms with E-state index in [4.69, 9.17) is 14.2 Å². The molecule has 3 aliphatic rings. The molecule has 0 N–H and O–H groups in total. The van der Waals surface area contributed by atoms with Crippen molar-refractivity contribution in [1.82, 2.24) is 0 Å². The first-order valence-electron chi connectivity index (χ1n) is 10.0. The maximum absolute atomic E-state index is 12.1. The van der Waals surface area contributed by atoms with Crippen LogP contribution in [0.25, 0.3) is 0 Å². The van der Waals surface area contributed by atoms with Gasteiger partial charge in [0.2, 0.25) is 0 Å². The molecule has 2 aliphatic carbocycles. The van der Waals surface area contributed by atoms with E-state index in [1.807, 2.05) is 18.2 Å². The lowest BCUT2D eigenvalue weighted by atomic mass is 9.80. The first-order chi connectivity index (χ1) is 12.6. The molecule has 26 heavy (non-hydrogen) atoms. The lowest BCUT2D eigenvalue weighted by Gasteiger charge is -2.30. The summed E-state index contributed by atoms with van der Waals surface area (Å²) in [6.07, 6.45) is 5.66. The van der Waals surface area contributed by atoms with E-state index >= 15 is 0 Å². The van der Waals surface area contributed by atoms with E-state index in [1.165, 1.54) is 12.0 Å². The Morgan fingerprint density at radius 1 is 1.23 bits per heavy atom. The van der Waals surface area contributed by atoms with Crippen LogP contribution in [-0.2, 0) is 25.6 Å². The Kier molecular flexibility index (Phi) is 5.44. The minimum Gasteiger partial charge on any atom is -0.376 e. The van der Waals surface area contributed by atoms with E-state index < -0.39 is 0 Å². The number of hydrogen-bond acceptors (Lipinski definition) is 4. The highest BCUT2D eigenvalue weighted by Crippen LogP contribution is 2.56. The summed E-state index contributed by atoms with van der Waals surface area (Å²) in [5.74, 6) is 1.05. The van der Waals surface area contributed by atoms with Crippen molar-refractivity contribution in [2.75, 3.05) is 13.2 Å². The van der Waals surface area contributed by atoms with Crippen LogP contribution in [0.5, 0.6) is 0 Å². The van der Waals surface area contributed by atoms with Gasteiger partial charge < -0.3 is 14.2 Å². The van der Waals surface area contributed by atoms with Crippen LogP contribution in [0, 0.1) is 17.3 Å². The smallest absolute Gasteiger partial charge is 0.157 e. The van der Waals surface area contributed by atoms with Crippen LogP contribution in [0.15, 0.2) is 30.3 Å². The molecule has 0 aromatic heterocycles. The van der Waals surface area contributed by atoms with Crippen molar-refractivity contribution in [2.24, 2.45) is 17.3 Å². The maximum Gasteiger partial charge on any atom is 0.157 e. The number of fused-ring (bicyclic) bond motifs is 1. The molecule has 1 saturated heterocycles. The quantitative estimate of drug-likeness (QED) is 0.767. The van der Waals surface area contributed by atoms with Gasteiger partial charge in [0.1, 0.15) is 5.78 Å². The third-order valence-corrected chi connectivity index (χ3v) is 6.49. The second kappa shape index (κ2) is 7.79. The van der Waals surface area contributed by atoms with Crippen molar-refractivity contribution in [3.05, 3.63) is 35.9 Å². The Balaban J connectivity index is 1.41. The Bertz CT molecular complexity index is 610. The van der Waals surface area contributed by atoms with Crippen LogP contribution < -0.4 is 0 Å². The summed E-state index contributed by atoms with van der Waals surface area (Å²) in [6.45, 7) is 4.32. The van der Waals surface area contributed by atoms with Gasteiger partial charge >= 0.3 is 0 Å². The second-order valence-electron chi connectivity index (χ2n) is 8.52. The minimum absolute atomic E-state index is 0.0667. The molecule has 4 nitrogen and oxygen atoms in total. The van der Waals surface area contributed by atoms with Gasteiger partial charge in [-0.2, -0.15) is 0 Å². The van der Waals surface area contributed by atoms with Gasteiger partial charge in [-0.1, -0.05) is 37.3 Å². The number of ether oxygens (including phenoxy) is 3. The molecule has 1 aliphatic heterocycles. The topological polar surface area (TPSA) is 44.8 Å². The van der Waals surface area contributed by atoms with Gasteiger partial charge in [0.15, 0.2) is 6.29 Å². The predicted octanol–water partition coefficient (Wildman–Crippen LogP) is 4.12. The second-order valence-corrected chi connectivity index (χ2v) is 8.52. The van der Waals surface area contributed by atoms with Crippen molar-refractivity contribution in [3.8, 4) is 0 Å². The highest BCUT2D eigenvalue weighted by atomic mass is 16.7. The van der Waals surface area contributed by atoms with Crippen molar-refractivity contribution in [1.29, 1.82) is 0 Å². The molecular weight excluding hydrogens is 328 g/mol. The minimum atomic E-state index is -0.0801. The molecule has 1 aromatic carbocycles. The zero-order valence-corrected chi connectivity index (χ0v) is 15.7. The van der Waals surface area contributed by atoms with Crippen LogP contribution in [0.3, 0.4) is 0 Å². The first kappa shape index (κ1) is 18.1. The fourth-order valence-corrected chi connectivity index (χ4v) is 5.18. The normalized spacial score (nSPS) is 37.0. The number of benzene rings is 1. The number of carbonyl (C=O) groups is 1. The van der Waals surface area contributed by atoms with E-state index in [1.54, 1.807) is 0 Å². The van der Waals surface area contributed by atoms with Crippen LogP contribution >= 0.6 is 0 Å². The van der Waals surface area contributed by atoms with Crippen molar-refractivity contribution in [2.45, 2.75) is 64.4 Å². The van der Waals surface area contributed by atoms with Crippen molar-refractivity contribution >= 4 is 5.78 Å². The molecule has 0 bridgehead atoms. The average Bonchev–Trinajstić information content (AvgIpc) is 3.06. The lowest BCUT2D eigenvalue weighted by Crippen LogP contribution is -2.33. The molecule has 2 saturated carbocycles. The molecule has 0 spiro atoms. The number of carbonyl (C=O) groups excluding carboxylic acids is 1. The van der Waals surface area contributed by atoms with Gasteiger partial charge in [-0.25, -0.2) is 0 Å². The molecule has 4 heteroatoms. The number of Topliss-reactive ketones (excluding diaryl/α,β-unsaturated/α-hetero) is 1. The summed E-state index contributed by atoms with van der Waals surface area (Å²) in [5, 5.41) is 0. The predicted molar refractivity (Wildman–Crippen MR) is 98.5 cm³/mol. The monoisotopic (exact) mass is 358 g/mol. The van der Waals surface area contributed by atoms with E-state index in [0.717, 1.165) is 25.9 Å². The van der Waals surface area contributed by atoms with Gasteiger partial charge in [0.05, 0.1) is 19.3 Å². The molecule has 0 amide bonds. The largest absolute Gasteiger partial charge is 0.376 e. The third kappa shape index (κ3) is 3.88. The highest BCUT2D eigenvalue weighted by Gasteiger charge is 2.56. The number of rotatable bonds is 6. The molecule has 0 radical (unpaired) electrons. The molecule has 1 heterocycles. The van der Waals surface area contributed by atoms with E-state index in [0.29, 0.717) is 37.8 Å². The SMILES string of the molecule is CC12CC(=O)CC1C(COCc1ccccc1)C(OC1CCCCO1)C2.